The lowest BCUT2D eigenvalue weighted by Gasteiger charge is -2.33. The van der Waals surface area contributed by atoms with Crippen molar-refractivity contribution in [2.75, 3.05) is 13.2 Å². The lowest BCUT2D eigenvalue weighted by Crippen LogP contribution is -2.27. The number of oxazole rings is 1. The molecule has 25 heavy (non-hydrogen) atoms. The van der Waals surface area contributed by atoms with Crippen LogP contribution >= 0.6 is 0 Å². The minimum atomic E-state index is -0.128. The Balaban J connectivity index is 1.54. The van der Waals surface area contributed by atoms with E-state index in [1.807, 2.05) is 4.68 Å². The molecule has 8 heteroatoms. The van der Waals surface area contributed by atoms with Crippen LogP contribution in [0.2, 0.25) is 0 Å². The van der Waals surface area contributed by atoms with Crippen molar-refractivity contribution < 1.29 is 9.15 Å². The van der Waals surface area contributed by atoms with Crippen LogP contribution in [0.15, 0.2) is 27.9 Å². The van der Waals surface area contributed by atoms with E-state index < -0.39 is 0 Å². The van der Waals surface area contributed by atoms with Gasteiger partial charge >= 0.3 is 0 Å². The summed E-state index contributed by atoms with van der Waals surface area (Å²) in [6.45, 7) is 1.44. The first-order valence-electron chi connectivity index (χ1n) is 8.76. The molecule has 130 valence electrons. The number of rotatable bonds is 3. The van der Waals surface area contributed by atoms with Crippen molar-refractivity contribution in [1.29, 1.82) is 0 Å². The van der Waals surface area contributed by atoms with Gasteiger partial charge in [-0.3, -0.25) is 4.79 Å². The molecule has 1 saturated heterocycles. The highest BCUT2D eigenvalue weighted by Gasteiger charge is 2.38. The van der Waals surface area contributed by atoms with Gasteiger partial charge in [0.05, 0.1) is 18.4 Å². The molecule has 4 heterocycles. The smallest absolute Gasteiger partial charge is 0.262 e. The molecule has 0 bridgehead atoms. The van der Waals surface area contributed by atoms with Gasteiger partial charge in [0.15, 0.2) is 11.5 Å². The second kappa shape index (κ2) is 5.80. The van der Waals surface area contributed by atoms with Crippen molar-refractivity contribution in [2.24, 2.45) is 0 Å². The Kier molecular flexibility index (Phi) is 3.44. The highest BCUT2D eigenvalue weighted by atomic mass is 16.5. The zero-order valence-electron chi connectivity index (χ0n) is 13.7. The number of hydrogen-bond acceptors (Lipinski definition) is 6. The Bertz CT molecular complexity index is 939. The predicted octanol–water partition coefficient (Wildman–Crippen LogP) is 2.12. The molecule has 3 aromatic heterocycles. The molecule has 1 aliphatic carbocycles. The number of nitrogens with zero attached hydrogens (tertiary/aromatic N) is 4. The van der Waals surface area contributed by atoms with Crippen molar-refractivity contribution in [3.05, 3.63) is 40.7 Å². The number of fused-ring (bicyclic) bond motifs is 1. The van der Waals surface area contributed by atoms with E-state index in [2.05, 4.69) is 15.1 Å². The maximum atomic E-state index is 12.5. The lowest BCUT2D eigenvalue weighted by molar-refractivity contribution is 0.0673. The fraction of sp³-hybridized carbons (Fsp3) is 0.529. The molecule has 0 radical (unpaired) electrons. The summed E-state index contributed by atoms with van der Waals surface area (Å²) >= 11 is 0. The van der Waals surface area contributed by atoms with Crippen LogP contribution in [0.5, 0.6) is 0 Å². The Morgan fingerprint density at radius 3 is 2.72 bits per heavy atom. The highest BCUT2D eigenvalue weighted by Crippen LogP contribution is 2.47. The molecular formula is C17H19N5O3. The van der Waals surface area contributed by atoms with Crippen LogP contribution < -0.4 is 5.56 Å². The fourth-order valence-electron chi connectivity index (χ4n) is 3.87. The number of aromatic amines is 1. The van der Waals surface area contributed by atoms with Crippen LogP contribution in [0.3, 0.4) is 0 Å². The summed E-state index contributed by atoms with van der Waals surface area (Å²) in [5.41, 5.74) is 0.542. The Labute approximate surface area is 143 Å². The molecule has 0 spiro atoms. The van der Waals surface area contributed by atoms with Gasteiger partial charge in [0.2, 0.25) is 0 Å². The molecule has 1 N–H and O–H groups in total. The van der Waals surface area contributed by atoms with Crippen LogP contribution in [-0.2, 0) is 4.74 Å². The normalized spacial score (nSPS) is 24.5. The van der Waals surface area contributed by atoms with E-state index in [-0.39, 0.29) is 23.4 Å². The van der Waals surface area contributed by atoms with Crippen molar-refractivity contribution in [2.45, 2.75) is 43.6 Å². The van der Waals surface area contributed by atoms with Crippen LogP contribution in [0.1, 0.15) is 55.3 Å². The number of nitrogens with one attached hydrogen (secondary N) is 1. The molecule has 2 atom stereocenters. The highest BCUT2D eigenvalue weighted by molar-refractivity contribution is 5.73. The summed E-state index contributed by atoms with van der Waals surface area (Å²) in [6.07, 6.45) is 8.60. The summed E-state index contributed by atoms with van der Waals surface area (Å²) in [5.74, 6) is 1.74. The van der Waals surface area contributed by atoms with Crippen LogP contribution in [0, 0.1) is 0 Å². The number of aromatic nitrogens is 5. The summed E-state index contributed by atoms with van der Waals surface area (Å²) in [4.78, 5) is 24.5. The topological polar surface area (TPSA) is 98.8 Å². The first-order chi connectivity index (χ1) is 12.3. The van der Waals surface area contributed by atoms with E-state index in [9.17, 15) is 4.79 Å². The molecule has 5 rings (SSSR count). The maximum absolute atomic E-state index is 12.5. The third-order valence-corrected chi connectivity index (χ3v) is 5.41. The molecule has 2 aliphatic rings. The third-order valence-electron chi connectivity index (χ3n) is 5.41. The minimum Gasteiger partial charge on any atom is -0.449 e. The van der Waals surface area contributed by atoms with Crippen LogP contribution in [-0.4, -0.2) is 37.9 Å². The molecular weight excluding hydrogens is 322 g/mol. The maximum Gasteiger partial charge on any atom is 0.262 e. The Morgan fingerprint density at radius 2 is 2.00 bits per heavy atom. The van der Waals surface area contributed by atoms with Gasteiger partial charge in [-0.15, -0.1) is 0 Å². The average molecular weight is 341 g/mol. The van der Waals surface area contributed by atoms with Gasteiger partial charge in [-0.1, -0.05) is 0 Å². The van der Waals surface area contributed by atoms with Gasteiger partial charge in [-0.05, 0) is 25.7 Å². The van der Waals surface area contributed by atoms with Crippen molar-refractivity contribution in [1.82, 2.24) is 24.7 Å². The zero-order valence-corrected chi connectivity index (χ0v) is 13.7. The molecule has 8 nitrogen and oxygen atoms in total. The van der Waals surface area contributed by atoms with Crippen molar-refractivity contribution in [3.63, 3.8) is 0 Å². The molecule has 1 aliphatic heterocycles. The number of ether oxygens (including phenoxy) is 1. The van der Waals surface area contributed by atoms with E-state index in [4.69, 9.17) is 14.1 Å². The van der Waals surface area contributed by atoms with Gasteiger partial charge in [-0.25, -0.2) is 14.6 Å². The van der Waals surface area contributed by atoms with Gasteiger partial charge in [0, 0.05) is 25.0 Å². The Morgan fingerprint density at radius 1 is 1.16 bits per heavy atom. The average Bonchev–Trinajstić information content (AvgIpc) is 3.25. The second-order valence-electron chi connectivity index (χ2n) is 6.78. The first kappa shape index (κ1) is 14.8. The van der Waals surface area contributed by atoms with Gasteiger partial charge in [0.25, 0.3) is 5.56 Å². The third kappa shape index (κ3) is 2.39. The minimum absolute atomic E-state index is 0.128. The summed E-state index contributed by atoms with van der Waals surface area (Å²) in [5, 5.41) is 4.98. The number of hydrogen-bond donors (Lipinski definition) is 1. The van der Waals surface area contributed by atoms with Gasteiger partial charge < -0.3 is 14.1 Å². The van der Waals surface area contributed by atoms with Gasteiger partial charge in [-0.2, -0.15) is 5.10 Å². The molecule has 2 fully saturated rings. The van der Waals surface area contributed by atoms with E-state index >= 15 is 0 Å². The van der Waals surface area contributed by atoms with E-state index in [1.165, 1.54) is 0 Å². The summed E-state index contributed by atoms with van der Waals surface area (Å²) in [6, 6.07) is 0.234. The van der Waals surface area contributed by atoms with E-state index in [0.29, 0.717) is 16.9 Å². The fourth-order valence-corrected chi connectivity index (χ4v) is 3.87. The number of H-pyrrole nitrogens is 1. The molecule has 0 unspecified atom stereocenters. The molecule has 3 aromatic rings. The Hall–Kier alpha value is -2.48. The van der Waals surface area contributed by atoms with E-state index in [1.54, 1.807) is 18.7 Å². The summed E-state index contributed by atoms with van der Waals surface area (Å²) in [7, 11) is 0. The SMILES string of the molecule is O=c1[nH]c([C@H]2CC[C@H]2c2ncco2)nc2c1cnn2C1CCOCC1. The van der Waals surface area contributed by atoms with Crippen LogP contribution in [0.4, 0.5) is 0 Å². The van der Waals surface area contributed by atoms with Gasteiger partial charge in [0.1, 0.15) is 17.5 Å². The second-order valence-corrected chi connectivity index (χ2v) is 6.78. The zero-order chi connectivity index (χ0) is 16.8. The molecule has 0 aromatic carbocycles. The first-order valence-corrected chi connectivity index (χ1v) is 8.76. The van der Waals surface area contributed by atoms with Crippen molar-refractivity contribution in [3.8, 4) is 0 Å². The monoisotopic (exact) mass is 341 g/mol. The lowest BCUT2D eigenvalue weighted by atomic mass is 9.73. The molecule has 1 saturated carbocycles. The molecule has 0 amide bonds. The van der Waals surface area contributed by atoms with Crippen molar-refractivity contribution >= 4 is 11.0 Å². The largest absolute Gasteiger partial charge is 0.449 e. The summed E-state index contributed by atoms with van der Waals surface area (Å²) < 4.78 is 12.8. The quantitative estimate of drug-likeness (QED) is 0.783. The van der Waals surface area contributed by atoms with Crippen LogP contribution in [0.25, 0.3) is 11.0 Å². The van der Waals surface area contributed by atoms with E-state index in [0.717, 1.165) is 44.8 Å². The standard InChI is InChI=1S/C17H19N5O3/c23-16-13-9-19-22(10-3-6-24-7-4-10)15(13)20-14(21-16)11-1-2-12(11)17-18-5-8-25-17/h5,8-12H,1-4,6-7H2,(H,20,21,23)/t11-,12+/m0/s1. The predicted molar refractivity (Wildman–Crippen MR) is 88.5 cm³/mol.